The van der Waals surface area contributed by atoms with Crippen molar-refractivity contribution in [3.8, 4) is 0 Å². The van der Waals surface area contributed by atoms with Gasteiger partial charge in [0.15, 0.2) is 0 Å². The molecule has 1 aromatic rings. The van der Waals surface area contributed by atoms with E-state index >= 15 is 0 Å². The number of hydrogen-bond donors (Lipinski definition) is 1. The third kappa shape index (κ3) is 6.01. The standard InChI is InChI=1S/C20H31NO4/c1-19(2,3)17-16(21-18(22)25-20(4,5)6)15(13-24-17)23-12-14-10-8-7-9-11-14/h7-11,15-17H,12-13H2,1-6H3,(H,21,22)/t15-,16-,17?/m0/s1. The van der Waals surface area contributed by atoms with E-state index in [9.17, 15) is 4.79 Å². The SMILES string of the molecule is CC(C)(C)OC(=O)N[C@@H]1C(C(C)(C)C)OC[C@@H]1OCc1ccccc1. The molecule has 25 heavy (non-hydrogen) atoms. The van der Waals surface area contributed by atoms with Crippen LogP contribution in [0.2, 0.25) is 0 Å². The van der Waals surface area contributed by atoms with Crippen molar-refractivity contribution in [1.29, 1.82) is 0 Å². The van der Waals surface area contributed by atoms with Gasteiger partial charge in [-0.1, -0.05) is 51.1 Å². The number of carbonyl (C=O) groups excluding carboxylic acids is 1. The normalized spacial score (nSPS) is 24.2. The third-order valence-corrected chi connectivity index (χ3v) is 4.01. The molecule has 5 heteroatoms. The van der Waals surface area contributed by atoms with Crippen molar-refractivity contribution in [3.05, 3.63) is 35.9 Å². The Morgan fingerprint density at radius 1 is 1.16 bits per heavy atom. The van der Waals surface area contributed by atoms with Crippen molar-refractivity contribution in [2.45, 2.75) is 72.0 Å². The second kappa shape index (κ2) is 7.75. The summed E-state index contributed by atoms with van der Waals surface area (Å²) in [6, 6.07) is 9.74. The van der Waals surface area contributed by atoms with Crippen LogP contribution in [0.3, 0.4) is 0 Å². The quantitative estimate of drug-likeness (QED) is 0.895. The van der Waals surface area contributed by atoms with Crippen molar-refractivity contribution in [2.75, 3.05) is 6.61 Å². The highest BCUT2D eigenvalue weighted by molar-refractivity contribution is 5.68. The minimum absolute atomic E-state index is 0.120. The van der Waals surface area contributed by atoms with Crippen molar-refractivity contribution < 1.29 is 19.0 Å². The second-order valence-electron chi connectivity index (χ2n) is 8.63. The molecule has 140 valence electrons. The smallest absolute Gasteiger partial charge is 0.408 e. The molecular formula is C20H31NO4. The van der Waals surface area contributed by atoms with Gasteiger partial charge in [0.05, 0.1) is 25.4 Å². The molecule has 0 spiro atoms. The van der Waals surface area contributed by atoms with Gasteiger partial charge in [-0.25, -0.2) is 4.79 Å². The van der Waals surface area contributed by atoms with Gasteiger partial charge in [-0.2, -0.15) is 0 Å². The largest absolute Gasteiger partial charge is 0.444 e. The summed E-state index contributed by atoms with van der Waals surface area (Å²) in [4.78, 5) is 12.3. The van der Waals surface area contributed by atoms with E-state index in [4.69, 9.17) is 14.2 Å². The van der Waals surface area contributed by atoms with Crippen LogP contribution in [0.1, 0.15) is 47.1 Å². The van der Waals surface area contributed by atoms with E-state index in [1.54, 1.807) is 0 Å². The fraction of sp³-hybridized carbons (Fsp3) is 0.650. The van der Waals surface area contributed by atoms with Crippen molar-refractivity contribution in [1.82, 2.24) is 5.32 Å². The number of carbonyl (C=O) groups is 1. The molecule has 1 unspecified atom stereocenters. The first kappa shape index (κ1) is 19.7. The first-order valence-corrected chi connectivity index (χ1v) is 8.83. The van der Waals surface area contributed by atoms with Gasteiger partial charge in [-0.3, -0.25) is 0 Å². The third-order valence-electron chi connectivity index (χ3n) is 4.01. The molecule has 1 amide bonds. The van der Waals surface area contributed by atoms with Crippen LogP contribution in [-0.2, 0) is 20.8 Å². The highest BCUT2D eigenvalue weighted by atomic mass is 16.6. The number of amides is 1. The number of nitrogens with one attached hydrogen (secondary N) is 1. The fourth-order valence-electron chi connectivity index (χ4n) is 2.93. The molecule has 1 saturated heterocycles. The number of benzene rings is 1. The maximum Gasteiger partial charge on any atom is 0.408 e. The maximum absolute atomic E-state index is 12.3. The summed E-state index contributed by atoms with van der Waals surface area (Å²) in [6.45, 7) is 12.8. The Kier molecular flexibility index (Phi) is 6.12. The molecular weight excluding hydrogens is 318 g/mol. The Hall–Kier alpha value is -1.59. The van der Waals surface area contributed by atoms with Gasteiger partial charge in [-0.05, 0) is 31.7 Å². The first-order chi connectivity index (χ1) is 11.6. The summed E-state index contributed by atoms with van der Waals surface area (Å²) in [7, 11) is 0. The Labute approximate surface area is 151 Å². The lowest BCUT2D eigenvalue weighted by Crippen LogP contribution is -2.52. The number of hydrogen-bond acceptors (Lipinski definition) is 4. The number of ether oxygens (including phenoxy) is 3. The van der Waals surface area contributed by atoms with Gasteiger partial charge in [0.25, 0.3) is 0 Å². The number of alkyl carbamates (subject to hydrolysis) is 1. The lowest BCUT2D eigenvalue weighted by molar-refractivity contribution is 0.00893. The monoisotopic (exact) mass is 349 g/mol. The molecule has 3 atom stereocenters. The average Bonchev–Trinajstić information content (AvgIpc) is 2.87. The van der Waals surface area contributed by atoms with Crippen LogP contribution in [0.5, 0.6) is 0 Å². The van der Waals surface area contributed by atoms with Gasteiger partial charge in [0.1, 0.15) is 11.7 Å². The summed E-state index contributed by atoms with van der Waals surface area (Å²) in [5, 5.41) is 2.97. The molecule has 5 nitrogen and oxygen atoms in total. The minimum atomic E-state index is -0.541. The Morgan fingerprint density at radius 2 is 1.80 bits per heavy atom. The molecule has 1 aliphatic heterocycles. The van der Waals surface area contributed by atoms with Crippen molar-refractivity contribution in [2.24, 2.45) is 5.41 Å². The van der Waals surface area contributed by atoms with Crippen LogP contribution in [-0.4, -0.2) is 36.6 Å². The molecule has 2 rings (SSSR count). The van der Waals surface area contributed by atoms with Crippen molar-refractivity contribution in [3.63, 3.8) is 0 Å². The van der Waals surface area contributed by atoms with Crippen LogP contribution >= 0.6 is 0 Å². The summed E-state index contributed by atoms with van der Waals surface area (Å²) >= 11 is 0. The molecule has 1 N–H and O–H groups in total. The molecule has 1 heterocycles. The fourth-order valence-corrected chi connectivity index (χ4v) is 2.93. The van der Waals surface area contributed by atoms with Crippen molar-refractivity contribution >= 4 is 6.09 Å². The van der Waals surface area contributed by atoms with Gasteiger partial charge in [0.2, 0.25) is 0 Å². The summed E-state index contributed by atoms with van der Waals surface area (Å²) in [6.07, 6.45) is -0.789. The van der Waals surface area contributed by atoms with Crippen LogP contribution in [0.25, 0.3) is 0 Å². The average molecular weight is 349 g/mol. The Morgan fingerprint density at radius 3 is 2.36 bits per heavy atom. The predicted molar refractivity (Wildman–Crippen MR) is 97.4 cm³/mol. The zero-order valence-corrected chi connectivity index (χ0v) is 16.2. The van der Waals surface area contributed by atoms with E-state index in [0.29, 0.717) is 13.2 Å². The van der Waals surface area contributed by atoms with Crippen LogP contribution < -0.4 is 5.32 Å². The van der Waals surface area contributed by atoms with Crippen LogP contribution in [0.4, 0.5) is 4.79 Å². The molecule has 0 aromatic heterocycles. The van der Waals surface area contributed by atoms with Gasteiger partial charge < -0.3 is 19.5 Å². The lowest BCUT2D eigenvalue weighted by Gasteiger charge is -2.33. The zero-order valence-electron chi connectivity index (χ0n) is 16.2. The number of rotatable bonds is 4. The highest BCUT2D eigenvalue weighted by Crippen LogP contribution is 2.32. The highest BCUT2D eigenvalue weighted by Gasteiger charge is 2.45. The second-order valence-corrected chi connectivity index (χ2v) is 8.63. The van der Waals surface area contributed by atoms with E-state index in [1.165, 1.54) is 0 Å². The molecule has 1 aromatic carbocycles. The van der Waals surface area contributed by atoms with Gasteiger partial charge >= 0.3 is 6.09 Å². The lowest BCUT2D eigenvalue weighted by atomic mass is 9.84. The van der Waals surface area contributed by atoms with Gasteiger partial charge in [0, 0.05) is 0 Å². The molecule has 1 fully saturated rings. The van der Waals surface area contributed by atoms with E-state index in [-0.39, 0.29) is 23.7 Å². The van der Waals surface area contributed by atoms with Crippen LogP contribution in [0, 0.1) is 5.41 Å². The molecule has 0 radical (unpaired) electrons. The van der Waals surface area contributed by atoms with Crippen LogP contribution in [0.15, 0.2) is 30.3 Å². The topological polar surface area (TPSA) is 56.8 Å². The van der Waals surface area contributed by atoms with E-state index in [2.05, 4.69) is 26.1 Å². The maximum atomic E-state index is 12.3. The molecule has 0 saturated carbocycles. The molecule has 1 aliphatic rings. The van der Waals surface area contributed by atoms with Gasteiger partial charge in [-0.15, -0.1) is 0 Å². The van der Waals surface area contributed by atoms with E-state index < -0.39 is 11.7 Å². The molecule has 0 aliphatic carbocycles. The Bertz CT molecular complexity index is 559. The first-order valence-electron chi connectivity index (χ1n) is 8.83. The molecule has 0 bridgehead atoms. The minimum Gasteiger partial charge on any atom is -0.444 e. The summed E-state index contributed by atoms with van der Waals surface area (Å²) in [5.74, 6) is 0. The van der Waals surface area contributed by atoms with E-state index in [0.717, 1.165) is 5.56 Å². The summed E-state index contributed by atoms with van der Waals surface area (Å²) < 4.78 is 17.4. The predicted octanol–water partition coefficient (Wildman–Crippen LogP) is 3.91. The summed E-state index contributed by atoms with van der Waals surface area (Å²) in [5.41, 5.74) is 0.434. The Balaban J connectivity index is 2.05. The zero-order chi connectivity index (χ0) is 18.7. The van der Waals surface area contributed by atoms with E-state index in [1.807, 2.05) is 51.1 Å².